The Balaban J connectivity index is 2.28. The zero-order chi connectivity index (χ0) is 19.9. The van der Waals surface area contributed by atoms with Gasteiger partial charge in [-0.25, -0.2) is 4.79 Å². The predicted octanol–water partition coefficient (Wildman–Crippen LogP) is 3.37. The van der Waals surface area contributed by atoms with Gasteiger partial charge in [0.25, 0.3) is 0 Å². The van der Waals surface area contributed by atoms with Gasteiger partial charge in [0.15, 0.2) is 6.61 Å². The Hall–Kier alpha value is -3.30. The lowest BCUT2D eigenvalue weighted by Crippen LogP contribution is -2.19. The molecule has 27 heavy (non-hydrogen) atoms. The number of ether oxygens (including phenoxy) is 4. The quantitative estimate of drug-likeness (QED) is 0.411. The van der Waals surface area contributed by atoms with Crippen LogP contribution in [0.4, 0.5) is 13.2 Å². The van der Waals surface area contributed by atoms with E-state index >= 15 is 0 Å². The average molecular weight is 384 g/mol. The van der Waals surface area contributed by atoms with E-state index < -0.39 is 18.8 Å². The minimum Gasteiger partial charge on any atom is -0.503 e. The van der Waals surface area contributed by atoms with Crippen LogP contribution in [0.15, 0.2) is 42.9 Å². The molecule has 1 aromatic heterocycles. The number of esters is 1. The summed E-state index contributed by atoms with van der Waals surface area (Å²) in [6, 6.07) is 6.41. The van der Waals surface area contributed by atoms with Crippen LogP contribution >= 0.6 is 0 Å². The minimum atomic E-state index is -4.51. The second-order valence-corrected chi connectivity index (χ2v) is 4.96. The molecule has 0 N–H and O–H groups in total. The number of rotatable bonds is 7. The van der Waals surface area contributed by atoms with Crippen LogP contribution in [-0.2, 0) is 14.3 Å². The summed E-state index contributed by atoms with van der Waals surface area (Å²) in [6.07, 6.45) is -1.11. The number of benzene rings is 1. The van der Waals surface area contributed by atoms with Gasteiger partial charge in [-0.1, -0.05) is 18.2 Å². The van der Waals surface area contributed by atoms with Crippen molar-refractivity contribution in [2.24, 2.45) is 0 Å². The average Bonchev–Trinajstić information content (AvgIpc) is 2.64. The number of carbonyl (C=O) groups is 1. The molecule has 0 atom stereocenters. The van der Waals surface area contributed by atoms with E-state index in [1.54, 1.807) is 18.2 Å². The van der Waals surface area contributed by atoms with Gasteiger partial charge in [-0.2, -0.15) is 18.2 Å². The highest BCUT2D eigenvalue weighted by molar-refractivity contribution is 6.17. The van der Waals surface area contributed by atoms with Gasteiger partial charge in [0, 0.05) is 5.56 Å². The summed E-state index contributed by atoms with van der Waals surface area (Å²) in [4.78, 5) is 19.5. The molecule has 0 aliphatic carbocycles. The summed E-state index contributed by atoms with van der Waals surface area (Å²) in [5.74, 6) is -0.957. The van der Waals surface area contributed by atoms with Gasteiger partial charge < -0.3 is 18.9 Å². The smallest absolute Gasteiger partial charge is 0.422 e. The third kappa shape index (κ3) is 5.87. The molecule has 0 aliphatic heterocycles. The van der Waals surface area contributed by atoms with Gasteiger partial charge in [-0.05, 0) is 6.07 Å². The van der Waals surface area contributed by atoms with E-state index in [1.807, 2.05) is 0 Å². The lowest BCUT2D eigenvalue weighted by Gasteiger charge is -2.13. The molecule has 0 saturated carbocycles. The lowest BCUT2D eigenvalue weighted by atomic mass is 10.1. The largest absolute Gasteiger partial charge is 0.503 e. The van der Waals surface area contributed by atoms with Crippen molar-refractivity contribution in [3.8, 4) is 17.5 Å². The van der Waals surface area contributed by atoms with Crippen LogP contribution in [0.3, 0.4) is 0 Å². The molecule has 0 unspecified atom stereocenters. The molecule has 0 bridgehead atoms. The normalized spacial score (nSPS) is 11.7. The molecule has 0 spiro atoms. The first-order chi connectivity index (χ1) is 12.8. The van der Waals surface area contributed by atoms with Crippen molar-refractivity contribution in [2.75, 3.05) is 20.8 Å². The second-order valence-electron chi connectivity index (χ2n) is 4.96. The van der Waals surface area contributed by atoms with Gasteiger partial charge in [-0.3, -0.25) is 4.98 Å². The third-order valence-corrected chi connectivity index (χ3v) is 3.01. The van der Waals surface area contributed by atoms with Gasteiger partial charge >= 0.3 is 12.1 Å². The Morgan fingerprint density at radius 1 is 1.15 bits per heavy atom. The first-order valence-corrected chi connectivity index (χ1v) is 7.44. The Kier molecular flexibility index (Phi) is 6.58. The van der Waals surface area contributed by atoms with Gasteiger partial charge in [0.1, 0.15) is 11.3 Å². The molecule has 0 fully saturated rings. The Morgan fingerprint density at radius 2 is 1.85 bits per heavy atom. The fourth-order valence-electron chi connectivity index (χ4n) is 1.95. The number of hydrogen-bond acceptors (Lipinski definition) is 7. The van der Waals surface area contributed by atoms with Crippen LogP contribution < -0.4 is 9.47 Å². The summed E-state index contributed by atoms with van der Waals surface area (Å²) in [7, 11) is 2.57. The maximum atomic E-state index is 12.2. The number of para-hydroxylation sites is 1. The van der Waals surface area contributed by atoms with E-state index in [0.29, 0.717) is 5.56 Å². The molecule has 2 aromatic rings. The summed E-state index contributed by atoms with van der Waals surface area (Å²) < 4.78 is 56.4. The lowest BCUT2D eigenvalue weighted by molar-refractivity contribution is -0.154. The van der Waals surface area contributed by atoms with Crippen molar-refractivity contribution in [1.29, 1.82) is 0 Å². The van der Waals surface area contributed by atoms with E-state index in [1.165, 1.54) is 32.7 Å². The SMILES string of the molecule is CO/C=C(/C(=O)OC)c1ccccc1Oc1cncc(OCC(F)(F)F)n1. The molecular formula is C17H15F3N2O5. The summed E-state index contributed by atoms with van der Waals surface area (Å²) >= 11 is 0. The highest BCUT2D eigenvalue weighted by Gasteiger charge is 2.28. The fraction of sp³-hybridized carbons (Fsp3) is 0.235. The van der Waals surface area contributed by atoms with Crippen molar-refractivity contribution < 1.29 is 36.9 Å². The molecule has 1 heterocycles. The number of halogens is 3. The first kappa shape index (κ1) is 20.0. The molecule has 1 aromatic carbocycles. The van der Waals surface area contributed by atoms with Gasteiger partial charge in [-0.15, -0.1) is 0 Å². The molecule has 0 aliphatic rings. The summed E-state index contributed by atoms with van der Waals surface area (Å²) in [5.41, 5.74) is 0.405. The number of aromatic nitrogens is 2. The van der Waals surface area contributed by atoms with Crippen LogP contribution in [-0.4, -0.2) is 42.9 Å². The highest BCUT2D eigenvalue weighted by atomic mass is 19.4. The highest BCUT2D eigenvalue weighted by Crippen LogP contribution is 2.30. The van der Waals surface area contributed by atoms with Crippen molar-refractivity contribution in [2.45, 2.75) is 6.18 Å². The van der Waals surface area contributed by atoms with Crippen molar-refractivity contribution in [3.05, 3.63) is 48.5 Å². The van der Waals surface area contributed by atoms with E-state index in [2.05, 4.69) is 14.7 Å². The Labute approximate surface area is 152 Å². The minimum absolute atomic E-state index is 0.0769. The zero-order valence-corrected chi connectivity index (χ0v) is 14.3. The number of nitrogens with zero attached hydrogens (tertiary/aromatic N) is 2. The van der Waals surface area contributed by atoms with E-state index in [0.717, 1.165) is 6.20 Å². The zero-order valence-electron chi connectivity index (χ0n) is 14.3. The molecule has 0 saturated heterocycles. The van der Waals surface area contributed by atoms with Crippen LogP contribution in [0.25, 0.3) is 5.57 Å². The van der Waals surface area contributed by atoms with Crippen LogP contribution in [0.5, 0.6) is 17.5 Å². The predicted molar refractivity (Wildman–Crippen MR) is 87.1 cm³/mol. The summed E-state index contributed by atoms with van der Waals surface area (Å²) in [6.45, 7) is -1.51. The molecule has 0 radical (unpaired) electrons. The van der Waals surface area contributed by atoms with Gasteiger partial charge in [0.2, 0.25) is 11.8 Å². The van der Waals surface area contributed by atoms with E-state index in [9.17, 15) is 18.0 Å². The third-order valence-electron chi connectivity index (χ3n) is 3.01. The Bertz CT molecular complexity index is 824. The van der Waals surface area contributed by atoms with Crippen molar-refractivity contribution >= 4 is 11.5 Å². The first-order valence-electron chi connectivity index (χ1n) is 7.44. The second kappa shape index (κ2) is 8.88. The van der Waals surface area contributed by atoms with Crippen molar-refractivity contribution in [1.82, 2.24) is 9.97 Å². The maximum Gasteiger partial charge on any atom is 0.422 e. The number of methoxy groups -OCH3 is 2. The molecule has 0 amide bonds. The van der Waals surface area contributed by atoms with Crippen LogP contribution in [0, 0.1) is 0 Å². The molecule has 7 nitrogen and oxygen atoms in total. The van der Waals surface area contributed by atoms with Crippen molar-refractivity contribution in [3.63, 3.8) is 0 Å². The number of hydrogen-bond donors (Lipinski definition) is 0. The Morgan fingerprint density at radius 3 is 2.52 bits per heavy atom. The van der Waals surface area contributed by atoms with E-state index in [4.69, 9.17) is 14.2 Å². The van der Waals surface area contributed by atoms with Gasteiger partial charge in [0.05, 0.1) is 32.9 Å². The molecule has 10 heteroatoms. The van der Waals surface area contributed by atoms with Crippen LogP contribution in [0.2, 0.25) is 0 Å². The topological polar surface area (TPSA) is 79.8 Å². The molecule has 144 valence electrons. The monoisotopic (exact) mass is 384 g/mol. The molecular weight excluding hydrogens is 369 g/mol. The molecule has 2 rings (SSSR count). The standard InChI is InChI=1S/C17H15F3N2O5/c1-24-9-12(16(23)25-2)11-5-3-4-6-13(11)27-15-8-21-7-14(22-15)26-10-17(18,19)20/h3-9H,10H2,1-2H3/b12-9+. The number of alkyl halides is 3. The number of carbonyl (C=O) groups excluding carboxylic acids is 1. The summed E-state index contributed by atoms with van der Waals surface area (Å²) in [5, 5.41) is 0. The fourth-order valence-corrected chi connectivity index (χ4v) is 1.95. The van der Waals surface area contributed by atoms with E-state index in [-0.39, 0.29) is 23.1 Å². The van der Waals surface area contributed by atoms with Crippen LogP contribution in [0.1, 0.15) is 5.56 Å². The maximum absolute atomic E-state index is 12.2.